The molecule has 0 saturated carbocycles. The molecule has 0 radical (unpaired) electrons. The largest absolute Gasteiger partial charge is 0.480 e. The van der Waals surface area contributed by atoms with Crippen LogP contribution in [0.15, 0.2) is 53.0 Å². The Morgan fingerprint density at radius 2 is 1.81 bits per heavy atom. The van der Waals surface area contributed by atoms with Gasteiger partial charge in [-0.25, -0.2) is 4.90 Å². The van der Waals surface area contributed by atoms with Crippen molar-refractivity contribution in [3.05, 3.63) is 63.6 Å². The molecule has 0 spiro atoms. The normalized spacial score (nSPS) is 18.0. The lowest BCUT2D eigenvalue weighted by Gasteiger charge is -2.17. The molecule has 0 aliphatic carbocycles. The predicted octanol–water partition coefficient (Wildman–Crippen LogP) is 4.16. The highest BCUT2D eigenvalue weighted by molar-refractivity contribution is 9.10. The molecule has 1 aliphatic heterocycles. The van der Waals surface area contributed by atoms with Gasteiger partial charge in [-0.05, 0) is 48.4 Å². The number of thioether (sulfide) groups is 1. The average molecular weight is 469 g/mol. The second kappa shape index (κ2) is 8.46. The van der Waals surface area contributed by atoms with E-state index in [0.717, 1.165) is 26.7 Å². The molecule has 1 fully saturated rings. The summed E-state index contributed by atoms with van der Waals surface area (Å²) in [5.41, 5.74) is 1.29. The van der Waals surface area contributed by atoms with Gasteiger partial charge in [-0.2, -0.15) is 0 Å². The topological polar surface area (TPSA) is 74.7 Å². The molecule has 1 heterocycles. The third-order valence-electron chi connectivity index (χ3n) is 4.13. The highest BCUT2D eigenvalue weighted by atomic mass is 79.9. The molecule has 1 N–H and O–H groups in total. The zero-order valence-electron chi connectivity index (χ0n) is 14.0. The SMILES string of the molecule is O=C(O)[C@H](Cc1ccc(Br)cc1)S[C@@H]1CC(=O)N(c2ccc(Cl)cc2)C1=O. The number of amides is 2. The second-order valence-corrected chi connectivity index (χ2v) is 8.79. The van der Waals surface area contributed by atoms with E-state index in [1.807, 2.05) is 24.3 Å². The molecule has 0 bridgehead atoms. The van der Waals surface area contributed by atoms with Crippen LogP contribution in [-0.4, -0.2) is 33.4 Å². The maximum Gasteiger partial charge on any atom is 0.316 e. The zero-order valence-corrected chi connectivity index (χ0v) is 17.1. The number of aliphatic carboxylic acids is 1. The standard InChI is InChI=1S/C19H15BrClNO4S/c20-12-3-1-11(2-4-12)9-16(19(25)26)27-15-10-17(23)22(18(15)24)14-7-5-13(21)6-8-14/h1-8,15-16H,9-10H2,(H,25,26)/t15-,16+/m1/s1. The van der Waals surface area contributed by atoms with Gasteiger partial charge in [0.05, 0.1) is 10.9 Å². The Morgan fingerprint density at radius 1 is 1.19 bits per heavy atom. The van der Waals surface area contributed by atoms with E-state index in [9.17, 15) is 19.5 Å². The van der Waals surface area contributed by atoms with Crippen molar-refractivity contribution in [3.63, 3.8) is 0 Å². The number of imide groups is 1. The number of carbonyl (C=O) groups is 3. The molecule has 2 atom stereocenters. The Morgan fingerprint density at radius 3 is 2.41 bits per heavy atom. The van der Waals surface area contributed by atoms with E-state index in [1.54, 1.807) is 24.3 Å². The van der Waals surface area contributed by atoms with Crippen molar-refractivity contribution >= 4 is 62.8 Å². The summed E-state index contributed by atoms with van der Waals surface area (Å²) in [6.07, 6.45) is 0.252. The zero-order chi connectivity index (χ0) is 19.6. The van der Waals surface area contributed by atoms with Crippen LogP contribution < -0.4 is 4.90 Å². The molecular formula is C19H15BrClNO4S. The van der Waals surface area contributed by atoms with Gasteiger partial charge in [0.25, 0.3) is 0 Å². The summed E-state index contributed by atoms with van der Waals surface area (Å²) in [7, 11) is 0. The van der Waals surface area contributed by atoms with Crippen molar-refractivity contribution in [2.24, 2.45) is 0 Å². The molecular weight excluding hydrogens is 454 g/mol. The lowest BCUT2D eigenvalue weighted by atomic mass is 10.1. The number of benzene rings is 2. The molecule has 2 aromatic rings. The van der Waals surface area contributed by atoms with Crippen LogP contribution in [0.2, 0.25) is 5.02 Å². The van der Waals surface area contributed by atoms with Gasteiger partial charge in [-0.15, -0.1) is 11.8 Å². The van der Waals surface area contributed by atoms with Gasteiger partial charge in [-0.1, -0.05) is 39.7 Å². The van der Waals surface area contributed by atoms with Crippen LogP contribution in [0.5, 0.6) is 0 Å². The quantitative estimate of drug-likeness (QED) is 0.644. The maximum absolute atomic E-state index is 12.7. The van der Waals surface area contributed by atoms with E-state index in [2.05, 4.69) is 15.9 Å². The van der Waals surface area contributed by atoms with E-state index >= 15 is 0 Å². The third-order valence-corrected chi connectivity index (χ3v) is 6.30. The van der Waals surface area contributed by atoms with Gasteiger partial charge in [0.2, 0.25) is 11.8 Å². The first-order valence-electron chi connectivity index (χ1n) is 8.10. The molecule has 140 valence electrons. The smallest absolute Gasteiger partial charge is 0.316 e. The van der Waals surface area contributed by atoms with Gasteiger partial charge < -0.3 is 5.11 Å². The van der Waals surface area contributed by atoms with Gasteiger partial charge >= 0.3 is 5.97 Å². The summed E-state index contributed by atoms with van der Waals surface area (Å²) < 4.78 is 0.904. The van der Waals surface area contributed by atoms with E-state index in [-0.39, 0.29) is 18.7 Å². The molecule has 1 saturated heterocycles. The van der Waals surface area contributed by atoms with Crippen molar-refractivity contribution < 1.29 is 19.5 Å². The molecule has 0 aromatic heterocycles. The fourth-order valence-electron chi connectivity index (χ4n) is 2.80. The van der Waals surface area contributed by atoms with Crippen molar-refractivity contribution in [1.29, 1.82) is 0 Å². The Labute approximate surface area is 173 Å². The number of halogens is 2. The number of hydrogen-bond donors (Lipinski definition) is 1. The summed E-state index contributed by atoms with van der Waals surface area (Å²) in [6, 6.07) is 13.8. The summed E-state index contributed by atoms with van der Waals surface area (Å²) in [4.78, 5) is 37.8. The Bertz CT molecular complexity index is 872. The fourth-order valence-corrected chi connectivity index (χ4v) is 4.45. The van der Waals surface area contributed by atoms with Crippen LogP contribution in [0.3, 0.4) is 0 Å². The van der Waals surface area contributed by atoms with Crippen LogP contribution in [0.25, 0.3) is 0 Å². The van der Waals surface area contributed by atoms with E-state index in [4.69, 9.17) is 11.6 Å². The van der Waals surface area contributed by atoms with Gasteiger partial charge in [0.1, 0.15) is 5.25 Å². The molecule has 2 aromatic carbocycles. The fraction of sp³-hybridized carbons (Fsp3) is 0.211. The van der Waals surface area contributed by atoms with E-state index in [1.165, 1.54) is 0 Å². The Hall–Kier alpha value is -1.83. The number of carboxylic acid groups (broad SMARTS) is 1. The first kappa shape index (κ1) is 19.9. The molecule has 1 aliphatic rings. The highest BCUT2D eigenvalue weighted by Crippen LogP contribution is 2.33. The lowest BCUT2D eigenvalue weighted by Crippen LogP contribution is -2.32. The number of nitrogens with zero attached hydrogens (tertiary/aromatic N) is 1. The van der Waals surface area contributed by atoms with Crippen LogP contribution in [0.4, 0.5) is 5.69 Å². The summed E-state index contributed by atoms with van der Waals surface area (Å²) in [5.74, 6) is -1.74. The average Bonchev–Trinajstić information content (AvgIpc) is 2.90. The van der Waals surface area contributed by atoms with Crippen LogP contribution in [0, 0.1) is 0 Å². The number of hydrogen-bond acceptors (Lipinski definition) is 4. The van der Waals surface area contributed by atoms with Crippen LogP contribution in [0.1, 0.15) is 12.0 Å². The number of anilines is 1. The highest BCUT2D eigenvalue weighted by Gasteiger charge is 2.42. The lowest BCUT2D eigenvalue weighted by molar-refractivity contribution is -0.136. The molecule has 27 heavy (non-hydrogen) atoms. The maximum atomic E-state index is 12.7. The van der Waals surface area contributed by atoms with Crippen LogP contribution >= 0.6 is 39.3 Å². The van der Waals surface area contributed by atoms with Crippen molar-refractivity contribution in [1.82, 2.24) is 0 Å². The first-order valence-corrected chi connectivity index (χ1v) is 10.2. The number of rotatable bonds is 6. The summed E-state index contributed by atoms with van der Waals surface area (Å²) in [5, 5.41) is 8.53. The van der Waals surface area contributed by atoms with Gasteiger partial charge in [0.15, 0.2) is 0 Å². The van der Waals surface area contributed by atoms with Crippen molar-refractivity contribution in [2.75, 3.05) is 4.90 Å². The Kier molecular flexibility index (Phi) is 6.24. The third kappa shape index (κ3) is 4.72. The molecule has 3 rings (SSSR count). The monoisotopic (exact) mass is 467 g/mol. The van der Waals surface area contributed by atoms with Crippen LogP contribution in [-0.2, 0) is 20.8 Å². The second-order valence-electron chi connectivity index (χ2n) is 6.03. The minimum Gasteiger partial charge on any atom is -0.480 e. The molecule has 0 unspecified atom stereocenters. The van der Waals surface area contributed by atoms with Crippen molar-refractivity contribution in [2.45, 2.75) is 23.3 Å². The van der Waals surface area contributed by atoms with E-state index in [0.29, 0.717) is 10.7 Å². The summed E-state index contributed by atoms with van der Waals surface area (Å²) >= 11 is 10.2. The van der Waals surface area contributed by atoms with Gasteiger partial charge in [-0.3, -0.25) is 14.4 Å². The minimum absolute atomic E-state index is 0.0176. The molecule has 5 nitrogen and oxygen atoms in total. The number of carbonyl (C=O) groups excluding carboxylic acids is 2. The molecule has 2 amide bonds. The number of carboxylic acids is 1. The first-order chi connectivity index (χ1) is 12.8. The Balaban J connectivity index is 1.74. The van der Waals surface area contributed by atoms with Crippen molar-refractivity contribution in [3.8, 4) is 0 Å². The predicted molar refractivity (Wildman–Crippen MR) is 109 cm³/mol. The summed E-state index contributed by atoms with van der Waals surface area (Å²) in [6.45, 7) is 0. The molecule has 8 heteroatoms. The van der Waals surface area contributed by atoms with Gasteiger partial charge in [0, 0.05) is 15.9 Å². The van der Waals surface area contributed by atoms with E-state index < -0.39 is 22.4 Å². The minimum atomic E-state index is -1.01.